The van der Waals surface area contributed by atoms with E-state index in [1.165, 1.54) is 4.90 Å². The molecule has 212 valence electrons. The summed E-state index contributed by atoms with van der Waals surface area (Å²) in [6.07, 6.45) is 0.0436. The maximum absolute atomic E-state index is 12.7. The number of carbonyl (C=O) groups is 2. The Morgan fingerprint density at radius 2 is 1.76 bits per heavy atom. The number of benzene rings is 3. The lowest BCUT2D eigenvalue weighted by Crippen LogP contribution is -2.57. The van der Waals surface area contributed by atoms with Crippen molar-refractivity contribution in [1.82, 2.24) is 14.8 Å². The van der Waals surface area contributed by atoms with Gasteiger partial charge in [0.1, 0.15) is 23.3 Å². The molecule has 1 atom stereocenters. The van der Waals surface area contributed by atoms with Crippen molar-refractivity contribution in [2.75, 3.05) is 26.2 Å². The minimum Gasteiger partial charge on any atom is -0.493 e. The minimum atomic E-state index is -0.983. The van der Waals surface area contributed by atoms with Crippen LogP contribution >= 0.6 is 0 Å². The third kappa shape index (κ3) is 7.12. The largest absolute Gasteiger partial charge is 0.493 e. The summed E-state index contributed by atoms with van der Waals surface area (Å²) < 4.78 is 17.3. The molecule has 9 heteroatoms. The Morgan fingerprint density at radius 1 is 0.976 bits per heavy atom. The molecule has 0 saturated carbocycles. The van der Waals surface area contributed by atoms with Gasteiger partial charge in [-0.2, -0.15) is 0 Å². The number of rotatable bonds is 9. The van der Waals surface area contributed by atoms with Crippen LogP contribution in [-0.2, 0) is 17.8 Å². The summed E-state index contributed by atoms with van der Waals surface area (Å²) in [5.41, 5.74) is 3.76. The molecule has 1 amide bonds. The zero-order valence-electron chi connectivity index (χ0n) is 23.2. The van der Waals surface area contributed by atoms with Crippen molar-refractivity contribution in [3.05, 3.63) is 101 Å². The van der Waals surface area contributed by atoms with E-state index in [1.54, 1.807) is 12.1 Å². The molecule has 1 fully saturated rings. The number of carboxylic acid groups (broad SMARTS) is 1. The van der Waals surface area contributed by atoms with Crippen molar-refractivity contribution in [2.24, 2.45) is 0 Å². The van der Waals surface area contributed by atoms with Gasteiger partial charge >= 0.3 is 12.1 Å². The molecule has 3 aromatic carbocycles. The average Bonchev–Trinajstić information content (AvgIpc) is 3.35. The van der Waals surface area contributed by atoms with Gasteiger partial charge in [-0.05, 0) is 55.8 Å². The highest BCUT2D eigenvalue weighted by atomic mass is 16.6. The molecule has 4 aromatic rings. The minimum absolute atomic E-state index is 0.0399. The van der Waals surface area contributed by atoms with Gasteiger partial charge in [-0.1, -0.05) is 48.0 Å². The number of aliphatic carboxylic acids is 1. The Kier molecular flexibility index (Phi) is 8.64. The fourth-order valence-corrected chi connectivity index (χ4v) is 4.78. The van der Waals surface area contributed by atoms with Crippen LogP contribution in [0.1, 0.15) is 22.6 Å². The lowest BCUT2D eigenvalue weighted by molar-refractivity contribution is -0.145. The molecule has 1 saturated heterocycles. The van der Waals surface area contributed by atoms with E-state index in [0.717, 1.165) is 28.1 Å². The Bertz CT molecular complexity index is 1490. The number of nitrogens with zero attached hydrogens (tertiary/aromatic N) is 3. The summed E-state index contributed by atoms with van der Waals surface area (Å²) in [5, 5.41) is 9.92. The summed E-state index contributed by atoms with van der Waals surface area (Å²) in [4.78, 5) is 32.8. The summed E-state index contributed by atoms with van der Waals surface area (Å²) in [6.45, 7) is 5.50. The molecule has 0 radical (unpaired) electrons. The Labute approximate surface area is 238 Å². The number of piperazine rings is 1. The van der Waals surface area contributed by atoms with Crippen LogP contribution in [0.2, 0.25) is 0 Å². The van der Waals surface area contributed by atoms with Gasteiger partial charge in [0.15, 0.2) is 0 Å². The zero-order chi connectivity index (χ0) is 28.8. The van der Waals surface area contributed by atoms with E-state index < -0.39 is 18.1 Å². The van der Waals surface area contributed by atoms with Crippen LogP contribution in [0.4, 0.5) is 4.79 Å². The fourth-order valence-electron chi connectivity index (χ4n) is 4.78. The highest BCUT2D eigenvalue weighted by Gasteiger charge is 2.35. The second-order valence-corrected chi connectivity index (χ2v) is 10.1. The van der Waals surface area contributed by atoms with Crippen molar-refractivity contribution in [3.8, 4) is 23.0 Å². The van der Waals surface area contributed by atoms with Crippen molar-refractivity contribution in [1.29, 1.82) is 0 Å². The van der Waals surface area contributed by atoms with Crippen LogP contribution < -0.4 is 9.47 Å². The molecule has 1 unspecified atom stereocenters. The summed E-state index contributed by atoms with van der Waals surface area (Å²) in [5.74, 6) is 1.50. The van der Waals surface area contributed by atoms with Gasteiger partial charge in [0, 0.05) is 31.6 Å². The number of amides is 1. The third-order valence-electron chi connectivity index (χ3n) is 7.07. The fraction of sp³-hybridized carbons (Fsp3) is 0.281. The normalized spacial score (nSPS) is 15.5. The number of carboxylic acids is 1. The van der Waals surface area contributed by atoms with Crippen molar-refractivity contribution < 1.29 is 28.6 Å². The number of ether oxygens (including phenoxy) is 2. The topological polar surface area (TPSA) is 105 Å². The Hall–Kier alpha value is -4.63. The smallest absolute Gasteiger partial charge is 0.415 e. The van der Waals surface area contributed by atoms with E-state index in [4.69, 9.17) is 13.9 Å². The molecular weight excluding hydrogens is 522 g/mol. The van der Waals surface area contributed by atoms with Crippen LogP contribution in [-0.4, -0.2) is 64.2 Å². The van der Waals surface area contributed by atoms with Crippen LogP contribution in [0.25, 0.3) is 11.5 Å². The molecular formula is C32H33N3O6. The second-order valence-electron chi connectivity index (χ2n) is 10.1. The molecule has 0 bridgehead atoms. The van der Waals surface area contributed by atoms with Gasteiger partial charge in [-0.25, -0.2) is 9.78 Å². The first kappa shape index (κ1) is 27.9. The van der Waals surface area contributed by atoms with Crippen LogP contribution in [0.3, 0.4) is 0 Å². The van der Waals surface area contributed by atoms with E-state index in [9.17, 15) is 14.7 Å². The van der Waals surface area contributed by atoms with E-state index in [2.05, 4.69) is 4.98 Å². The van der Waals surface area contributed by atoms with Gasteiger partial charge < -0.3 is 23.9 Å². The van der Waals surface area contributed by atoms with Gasteiger partial charge in [0.05, 0.1) is 18.8 Å². The molecule has 9 nitrogen and oxygen atoms in total. The first-order valence-corrected chi connectivity index (χ1v) is 13.6. The van der Waals surface area contributed by atoms with Gasteiger partial charge in [-0.3, -0.25) is 9.69 Å². The van der Waals surface area contributed by atoms with Gasteiger partial charge in [-0.15, -0.1) is 0 Å². The predicted molar refractivity (Wildman–Crippen MR) is 153 cm³/mol. The number of hydrogen-bond acceptors (Lipinski definition) is 7. The highest BCUT2D eigenvalue weighted by Crippen LogP contribution is 2.23. The molecule has 1 aliphatic rings. The maximum Gasteiger partial charge on any atom is 0.415 e. The van der Waals surface area contributed by atoms with E-state index in [-0.39, 0.29) is 6.54 Å². The molecule has 1 aromatic heterocycles. The molecule has 0 spiro atoms. The number of aromatic nitrogens is 1. The van der Waals surface area contributed by atoms with Crippen LogP contribution in [0.5, 0.6) is 11.5 Å². The average molecular weight is 556 g/mol. The molecule has 41 heavy (non-hydrogen) atoms. The number of carbonyl (C=O) groups excluding carboxylic acids is 1. The van der Waals surface area contributed by atoms with Gasteiger partial charge in [0.2, 0.25) is 5.89 Å². The Morgan fingerprint density at radius 3 is 2.51 bits per heavy atom. The second kappa shape index (κ2) is 12.7. The van der Waals surface area contributed by atoms with Crippen LogP contribution in [0.15, 0.2) is 83.3 Å². The molecule has 2 heterocycles. The standard InChI is InChI=1S/C32H33N3O6/c1-22-11-13-26(14-12-22)41-32(38)35-17-16-34(29(21-35)31(36)37)20-24-7-6-10-27(19-24)39-18-15-28-23(2)40-30(33-28)25-8-4-3-5-9-25/h3-14,19,29H,15-18,20-21H2,1-2H3,(H,36,37). The van der Waals surface area contributed by atoms with E-state index in [0.29, 0.717) is 50.1 Å². The predicted octanol–water partition coefficient (Wildman–Crippen LogP) is 5.35. The number of aryl methyl sites for hydroxylation is 2. The monoisotopic (exact) mass is 555 g/mol. The molecule has 5 rings (SSSR count). The Balaban J connectivity index is 1.16. The molecule has 1 N–H and O–H groups in total. The SMILES string of the molecule is Cc1ccc(OC(=O)N2CCN(Cc3cccc(OCCc4nc(-c5ccccc5)oc4C)c3)C(C(=O)O)C2)cc1. The summed E-state index contributed by atoms with van der Waals surface area (Å²) >= 11 is 0. The van der Waals surface area contributed by atoms with Crippen molar-refractivity contribution in [2.45, 2.75) is 32.9 Å². The molecule has 0 aliphatic carbocycles. The summed E-state index contributed by atoms with van der Waals surface area (Å²) in [7, 11) is 0. The van der Waals surface area contributed by atoms with Crippen molar-refractivity contribution >= 4 is 12.1 Å². The van der Waals surface area contributed by atoms with E-state index >= 15 is 0 Å². The molecule has 1 aliphatic heterocycles. The number of oxazole rings is 1. The van der Waals surface area contributed by atoms with Crippen molar-refractivity contribution in [3.63, 3.8) is 0 Å². The zero-order valence-corrected chi connectivity index (χ0v) is 23.2. The lowest BCUT2D eigenvalue weighted by atomic mass is 10.1. The van der Waals surface area contributed by atoms with E-state index in [1.807, 2.05) is 85.5 Å². The lowest BCUT2D eigenvalue weighted by Gasteiger charge is -2.38. The maximum atomic E-state index is 12.7. The summed E-state index contributed by atoms with van der Waals surface area (Å²) in [6, 6.07) is 23.7. The number of hydrogen-bond donors (Lipinski definition) is 1. The quantitative estimate of drug-likeness (QED) is 0.295. The third-order valence-corrected chi connectivity index (χ3v) is 7.07. The first-order valence-electron chi connectivity index (χ1n) is 13.6. The first-order chi connectivity index (χ1) is 19.9. The van der Waals surface area contributed by atoms with Crippen LogP contribution in [0, 0.1) is 13.8 Å². The van der Waals surface area contributed by atoms with Gasteiger partial charge in [0.25, 0.3) is 0 Å². The highest BCUT2D eigenvalue weighted by molar-refractivity contribution is 5.76.